The van der Waals surface area contributed by atoms with Gasteiger partial charge in [0.2, 0.25) is 0 Å². The molecular weight excluding hydrogens is 651 g/mol. The lowest BCUT2D eigenvalue weighted by Gasteiger charge is -2.07. The van der Waals surface area contributed by atoms with Crippen molar-refractivity contribution in [3.63, 3.8) is 0 Å². The minimum absolute atomic E-state index is 0. The van der Waals surface area contributed by atoms with E-state index in [4.69, 9.17) is 0 Å². The molecule has 0 amide bonds. The SMILES string of the molecule is C.C.C.C.C.CC.Cc1ccc2c(c1)C(C)c1cc(C)ccc1-2.Cc1ccc2c(c1)Cc1cc(C)ccc1-2.Cc1ccc2c(c1)Cc1cc(C)ccc1-2.N. The summed E-state index contributed by atoms with van der Waals surface area (Å²) in [6.07, 6.45) is 2.21. The zero-order chi connectivity index (χ0) is 34.1. The molecule has 0 fully saturated rings. The average Bonchev–Trinajstić information content (AvgIpc) is 3.70. The van der Waals surface area contributed by atoms with Crippen LogP contribution in [0.3, 0.4) is 0 Å². The number of fused-ring (bicyclic) bond motifs is 9. The molecule has 0 saturated heterocycles. The Labute approximate surface area is 332 Å². The molecule has 0 bridgehead atoms. The second-order valence-electron chi connectivity index (χ2n) is 13.9. The minimum Gasteiger partial charge on any atom is -0.344 e. The van der Waals surface area contributed by atoms with E-state index >= 15 is 0 Å². The Morgan fingerprint density at radius 3 is 0.778 bits per heavy atom. The van der Waals surface area contributed by atoms with Gasteiger partial charge in [-0.3, -0.25) is 0 Å². The quantitative estimate of drug-likeness (QED) is 0.166. The molecule has 6 aromatic rings. The Kier molecular flexibility index (Phi) is 18.9. The molecule has 0 atom stereocenters. The van der Waals surface area contributed by atoms with Gasteiger partial charge in [-0.15, -0.1) is 0 Å². The molecule has 0 unspecified atom stereocenters. The van der Waals surface area contributed by atoms with Crippen LogP contribution in [0.15, 0.2) is 109 Å². The molecule has 54 heavy (non-hydrogen) atoms. The molecule has 3 N–H and O–H groups in total. The maximum absolute atomic E-state index is 2.33. The Hall–Kier alpha value is -4.72. The van der Waals surface area contributed by atoms with Crippen molar-refractivity contribution in [2.24, 2.45) is 0 Å². The summed E-state index contributed by atoms with van der Waals surface area (Å²) < 4.78 is 0. The fraction of sp³-hybridized carbons (Fsp3) is 0.321. The molecule has 3 aliphatic rings. The number of rotatable bonds is 0. The zero-order valence-corrected chi connectivity index (χ0v) is 31.1. The summed E-state index contributed by atoms with van der Waals surface area (Å²) in [5.41, 5.74) is 25.6. The van der Waals surface area contributed by atoms with Crippen LogP contribution in [0.2, 0.25) is 0 Å². The van der Waals surface area contributed by atoms with E-state index in [1.54, 1.807) is 0 Å². The van der Waals surface area contributed by atoms with Gasteiger partial charge in [-0.1, -0.05) is 200 Å². The maximum Gasteiger partial charge on any atom is 0.00735 e. The first-order valence-corrected chi connectivity index (χ1v) is 17.7. The Morgan fingerprint density at radius 1 is 0.333 bits per heavy atom. The highest BCUT2D eigenvalue weighted by Gasteiger charge is 2.25. The highest BCUT2D eigenvalue weighted by atomic mass is 14.3. The number of benzene rings is 6. The molecule has 0 heterocycles. The van der Waals surface area contributed by atoms with Crippen LogP contribution < -0.4 is 6.15 Å². The fourth-order valence-corrected chi connectivity index (χ4v) is 7.68. The summed E-state index contributed by atoms with van der Waals surface area (Å²) >= 11 is 0. The second-order valence-corrected chi connectivity index (χ2v) is 13.9. The normalized spacial score (nSPS) is 11.1. The van der Waals surface area contributed by atoms with Crippen LogP contribution in [0.25, 0.3) is 33.4 Å². The molecule has 0 aliphatic heterocycles. The molecule has 0 saturated carbocycles. The number of aryl methyl sites for hydroxylation is 6. The van der Waals surface area contributed by atoms with Crippen molar-refractivity contribution in [3.8, 4) is 33.4 Å². The van der Waals surface area contributed by atoms with Gasteiger partial charge in [0.15, 0.2) is 0 Å². The molecular formula is C53H73N. The Bertz CT molecular complexity index is 1880. The third kappa shape index (κ3) is 9.87. The van der Waals surface area contributed by atoms with Gasteiger partial charge < -0.3 is 6.15 Å². The van der Waals surface area contributed by atoms with Crippen molar-refractivity contribution >= 4 is 0 Å². The third-order valence-corrected chi connectivity index (χ3v) is 10.0. The smallest absolute Gasteiger partial charge is 0.00735 e. The first-order chi connectivity index (χ1) is 23.1. The molecule has 9 rings (SSSR count). The van der Waals surface area contributed by atoms with Crippen molar-refractivity contribution < 1.29 is 0 Å². The van der Waals surface area contributed by atoms with Gasteiger partial charge in [0, 0.05) is 5.92 Å². The lowest BCUT2D eigenvalue weighted by molar-refractivity contribution is 0.952. The fourth-order valence-electron chi connectivity index (χ4n) is 7.68. The summed E-state index contributed by atoms with van der Waals surface area (Å²) in [6, 6.07) is 40.7. The van der Waals surface area contributed by atoms with Crippen LogP contribution >= 0.6 is 0 Å². The summed E-state index contributed by atoms with van der Waals surface area (Å²) in [7, 11) is 0. The monoisotopic (exact) mass is 724 g/mol. The van der Waals surface area contributed by atoms with Crippen LogP contribution in [0.5, 0.6) is 0 Å². The Balaban J connectivity index is 0.000000723. The van der Waals surface area contributed by atoms with E-state index in [-0.39, 0.29) is 43.3 Å². The summed E-state index contributed by atoms with van der Waals surface area (Å²) in [5.74, 6) is 0.546. The highest BCUT2D eigenvalue weighted by Crippen LogP contribution is 2.45. The van der Waals surface area contributed by atoms with E-state index < -0.39 is 0 Å². The van der Waals surface area contributed by atoms with Crippen molar-refractivity contribution in [1.82, 2.24) is 6.15 Å². The minimum atomic E-state index is 0. The van der Waals surface area contributed by atoms with Gasteiger partial charge in [0.25, 0.3) is 0 Å². The average molecular weight is 724 g/mol. The van der Waals surface area contributed by atoms with Gasteiger partial charge in [-0.05, 0) is 121 Å². The molecule has 1 heteroatoms. The summed E-state index contributed by atoms with van der Waals surface area (Å²) in [5, 5.41) is 0. The van der Waals surface area contributed by atoms with Crippen molar-refractivity contribution in [2.45, 2.75) is 118 Å². The predicted octanol–water partition coefficient (Wildman–Crippen LogP) is 16.6. The first kappa shape index (κ1) is 49.3. The summed E-state index contributed by atoms with van der Waals surface area (Å²) in [6.45, 7) is 19.3. The van der Waals surface area contributed by atoms with Gasteiger partial charge in [0.05, 0.1) is 0 Å². The zero-order valence-electron chi connectivity index (χ0n) is 31.1. The van der Waals surface area contributed by atoms with Crippen molar-refractivity contribution in [3.05, 3.63) is 176 Å². The van der Waals surface area contributed by atoms with Crippen molar-refractivity contribution in [2.75, 3.05) is 0 Å². The lowest BCUT2D eigenvalue weighted by atomic mass is 9.97. The van der Waals surface area contributed by atoms with Gasteiger partial charge >= 0.3 is 0 Å². The number of hydrogen-bond acceptors (Lipinski definition) is 1. The van der Waals surface area contributed by atoms with E-state index in [1.807, 2.05) is 13.8 Å². The van der Waals surface area contributed by atoms with E-state index in [9.17, 15) is 0 Å². The van der Waals surface area contributed by atoms with E-state index in [2.05, 4.69) is 158 Å². The number of hydrogen-bond donors (Lipinski definition) is 1. The summed E-state index contributed by atoms with van der Waals surface area (Å²) in [4.78, 5) is 0. The van der Waals surface area contributed by atoms with Gasteiger partial charge in [-0.25, -0.2) is 0 Å². The topological polar surface area (TPSA) is 35.0 Å². The van der Waals surface area contributed by atoms with E-state index in [0.717, 1.165) is 12.8 Å². The standard InChI is InChI=1S/C16H16.2C15H14.C2H6.5CH4.H3N/c1-10-4-6-13-14-7-5-11(2)9-16(14)12(3)15(13)8-10;2*1-10-3-5-14-12(7-10)9-13-8-11(2)4-6-15(13)14;1-2;;;;;;/h4-9,12H,1-3H3;2*3-8H,9H2,1-2H3;1-2H3;5*1H4;1H3. The lowest BCUT2D eigenvalue weighted by Crippen LogP contribution is -1.90. The highest BCUT2D eigenvalue weighted by molar-refractivity contribution is 5.80. The van der Waals surface area contributed by atoms with Crippen LogP contribution in [0, 0.1) is 41.5 Å². The molecule has 0 radical (unpaired) electrons. The van der Waals surface area contributed by atoms with Gasteiger partial charge in [-0.2, -0.15) is 0 Å². The van der Waals surface area contributed by atoms with Crippen LogP contribution in [0.1, 0.15) is 131 Å². The third-order valence-electron chi connectivity index (χ3n) is 10.0. The van der Waals surface area contributed by atoms with Gasteiger partial charge in [0.1, 0.15) is 0 Å². The second kappa shape index (κ2) is 20.7. The molecule has 0 aromatic heterocycles. The van der Waals surface area contributed by atoms with Crippen LogP contribution in [-0.4, -0.2) is 0 Å². The molecule has 6 aromatic carbocycles. The van der Waals surface area contributed by atoms with Crippen LogP contribution in [0.4, 0.5) is 0 Å². The maximum atomic E-state index is 2.33. The van der Waals surface area contributed by atoms with E-state index in [1.165, 1.54) is 100 Å². The Morgan fingerprint density at radius 2 is 0.537 bits per heavy atom. The molecule has 290 valence electrons. The molecule has 0 spiro atoms. The largest absolute Gasteiger partial charge is 0.344 e. The van der Waals surface area contributed by atoms with Crippen molar-refractivity contribution in [1.29, 1.82) is 0 Å². The van der Waals surface area contributed by atoms with E-state index in [0.29, 0.717) is 5.92 Å². The van der Waals surface area contributed by atoms with Crippen LogP contribution in [-0.2, 0) is 12.8 Å². The first-order valence-electron chi connectivity index (χ1n) is 17.7. The molecule has 3 aliphatic carbocycles. The predicted molar refractivity (Wildman–Crippen MR) is 247 cm³/mol. The molecule has 1 nitrogen and oxygen atoms in total.